The first-order valence-electron chi connectivity index (χ1n) is 8.58. The summed E-state index contributed by atoms with van der Waals surface area (Å²) in [6, 6.07) is 19.2. The molecule has 0 aliphatic rings. The summed E-state index contributed by atoms with van der Waals surface area (Å²) in [6.07, 6.45) is 0.484. The molecule has 0 spiro atoms. The summed E-state index contributed by atoms with van der Waals surface area (Å²) in [4.78, 5) is 14.3. The van der Waals surface area contributed by atoms with Gasteiger partial charge in [-0.25, -0.2) is 4.79 Å². The van der Waals surface area contributed by atoms with Gasteiger partial charge >= 0.3 is 5.97 Å². The Bertz CT molecular complexity index is 930. The van der Waals surface area contributed by atoms with Crippen molar-refractivity contribution in [2.45, 2.75) is 19.4 Å². The third-order valence-electron chi connectivity index (χ3n) is 4.83. The van der Waals surface area contributed by atoms with Crippen molar-refractivity contribution < 1.29 is 14.6 Å². The highest BCUT2D eigenvalue weighted by Gasteiger charge is 2.27. The van der Waals surface area contributed by atoms with Crippen LogP contribution in [0, 0.1) is 6.92 Å². The van der Waals surface area contributed by atoms with E-state index < -0.39 is 6.04 Å². The maximum absolute atomic E-state index is 12.5. The number of phenolic OH excluding ortho intramolecular Hbond substituents is 1. The number of aryl methyl sites for hydroxylation is 1. The number of para-hydroxylation sites is 1. The molecule has 4 nitrogen and oxygen atoms in total. The first-order chi connectivity index (χ1) is 12.5. The molecule has 3 aromatic rings. The fourth-order valence-electron chi connectivity index (χ4n) is 3.29. The van der Waals surface area contributed by atoms with Crippen LogP contribution in [0.4, 0.5) is 5.69 Å². The molecule has 0 aromatic heterocycles. The van der Waals surface area contributed by atoms with E-state index >= 15 is 0 Å². The second kappa shape index (κ2) is 7.48. The van der Waals surface area contributed by atoms with Crippen molar-refractivity contribution in [3.8, 4) is 5.75 Å². The number of methoxy groups -OCH3 is 1. The minimum atomic E-state index is -0.543. The van der Waals surface area contributed by atoms with Crippen LogP contribution in [-0.2, 0) is 16.0 Å². The first-order valence-corrected chi connectivity index (χ1v) is 8.58. The summed E-state index contributed by atoms with van der Waals surface area (Å²) in [7, 11) is 3.20. The minimum Gasteiger partial charge on any atom is -0.505 e. The average Bonchev–Trinajstić information content (AvgIpc) is 2.67. The number of fused-ring (bicyclic) bond motifs is 1. The van der Waals surface area contributed by atoms with Crippen molar-refractivity contribution in [1.82, 2.24) is 0 Å². The second-order valence-electron chi connectivity index (χ2n) is 6.43. The van der Waals surface area contributed by atoms with E-state index in [1.807, 2.05) is 43.3 Å². The largest absolute Gasteiger partial charge is 0.505 e. The second-order valence-corrected chi connectivity index (χ2v) is 6.43. The lowest BCUT2D eigenvalue weighted by Crippen LogP contribution is -2.41. The van der Waals surface area contributed by atoms with Crippen molar-refractivity contribution >= 4 is 22.4 Å². The summed E-state index contributed by atoms with van der Waals surface area (Å²) in [5.74, 6) is -0.150. The van der Waals surface area contributed by atoms with Gasteiger partial charge in [-0.2, -0.15) is 0 Å². The quantitative estimate of drug-likeness (QED) is 0.705. The van der Waals surface area contributed by atoms with Crippen molar-refractivity contribution in [1.29, 1.82) is 0 Å². The Balaban J connectivity index is 2.01. The van der Waals surface area contributed by atoms with Gasteiger partial charge in [-0.1, -0.05) is 54.6 Å². The zero-order valence-electron chi connectivity index (χ0n) is 15.3. The molecule has 0 aliphatic heterocycles. The van der Waals surface area contributed by atoms with E-state index in [4.69, 9.17) is 4.74 Å². The standard InChI is InChI=1S/C22H23NO3/c1-15-8-6-13-19(21(15)24)23(2)20(22(25)26-3)14-17-11-7-10-16-9-4-5-12-18(16)17/h4-13,20,24H,14H2,1-3H3/t20-/m0/s1. The van der Waals surface area contributed by atoms with Gasteiger partial charge in [0.1, 0.15) is 11.8 Å². The van der Waals surface area contributed by atoms with Crippen LogP contribution in [0.1, 0.15) is 11.1 Å². The van der Waals surface area contributed by atoms with Crippen LogP contribution < -0.4 is 4.90 Å². The van der Waals surface area contributed by atoms with Crippen LogP contribution in [0.15, 0.2) is 60.7 Å². The average molecular weight is 349 g/mol. The molecule has 0 radical (unpaired) electrons. The number of benzene rings is 3. The van der Waals surface area contributed by atoms with Gasteiger partial charge in [0.15, 0.2) is 0 Å². The number of hydrogen-bond acceptors (Lipinski definition) is 4. The number of aromatic hydroxyl groups is 1. The summed E-state index contributed by atoms with van der Waals surface area (Å²) in [5, 5.41) is 12.7. The molecule has 0 bridgehead atoms. The van der Waals surface area contributed by atoms with Gasteiger partial charge < -0.3 is 14.7 Å². The van der Waals surface area contributed by atoms with E-state index in [1.54, 1.807) is 18.0 Å². The van der Waals surface area contributed by atoms with E-state index in [9.17, 15) is 9.90 Å². The maximum atomic E-state index is 12.5. The number of hydrogen-bond donors (Lipinski definition) is 1. The van der Waals surface area contributed by atoms with Gasteiger partial charge in [0.25, 0.3) is 0 Å². The van der Waals surface area contributed by atoms with E-state index in [2.05, 4.69) is 18.2 Å². The fourth-order valence-corrected chi connectivity index (χ4v) is 3.29. The predicted molar refractivity (Wildman–Crippen MR) is 105 cm³/mol. The zero-order chi connectivity index (χ0) is 18.7. The third-order valence-corrected chi connectivity index (χ3v) is 4.83. The molecule has 3 rings (SSSR count). The predicted octanol–water partition coefficient (Wildman–Crippen LogP) is 4.07. The third kappa shape index (κ3) is 3.36. The monoisotopic (exact) mass is 349 g/mol. The van der Waals surface area contributed by atoms with E-state index in [1.165, 1.54) is 7.11 Å². The van der Waals surface area contributed by atoms with E-state index in [-0.39, 0.29) is 11.7 Å². The number of esters is 1. The van der Waals surface area contributed by atoms with Crippen molar-refractivity contribution in [2.24, 2.45) is 0 Å². The van der Waals surface area contributed by atoms with Crippen LogP contribution in [-0.4, -0.2) is 31.3 Å². The van der Waals surface area contributed by atoms with Crippen LogP contribution in [0.3, 0.4) is 0 Å². The summed E-state index contributed by atoms with van der Waals surface area (Å²) >= 11 is 0. The summed E-state index contributed by atoms with van der Waals surface area (Å²) in [6.45, 7) is 1.84. The number of phenols is 1. The van der Waals surface area contributed by atoms with Crippen LogP contribution in [0.25, 0.3) is 10.8 Å². The molecule has 0 saturated carbocycles. The van der Waals surface area contributed by atoms with Gasteiger partial charge in [0.2, 0.25) is 0 Å². The lowest BCUT2D eigenvalue weighted by atomic mass is 9.97. The number of carbonyl (C=O) groups is 1. The first kappa shape index (κ1) is 17.8. The lowest BCUT2D eigenvalue weighted by Gasteiger charge is -2.29. The number of likely N-dealkylation sites (N-methyl/N-ethyl adjacent to an activating group) is 1. The molecule has 4 heteroatoms. The van der Waals surface area contributed by atoms with Crippen molar-refractivity contribution in [3.63, 3.8) is 0 Å². The van der Waals surface area contributed by atoms with Gasteiger partial charge in [0.05, 0.1) is 12.8 Å². The minimum absolute atomic E-state index is 0.182. The molecular formula is C22H23NO3. The summed E-state index contributed by atoms with van der Waals surface area (Å²) < 4.78 is 5.05. The molecule has 0 unspecified atom stereocenters. The molecule has 0 aliphatic carbocycles. The highest BCUT2D eigenvalue weighted by atomic mass is 16.5. The van der Waals surface area contributed by atoms with Gasteiger partial charge in [0, 0.05) is 13.5 Å². The molecule has 26 heavy (non-hydrogen) atoms. The number of ether oxygens (including phenoxy) is 1. The van der Waals surface area contributed by atoms with Gasteiger partial charge in [-0.15, -0.1) is 0 Å². The van der Waals surface area contributed by atoms with Crippen LogP contribution >= 0.6 is 0 Å². The Kier molecular flexibility index (Phi) is 5.12. The maximum Gasteiger partial charge on any atom is 0.328 e. The highest BCUT2D eigenvalue weighted by molar-refractivity contribution is 5.87. The van der Waals surface area contributed by atoms with Crippen LogP contribution in [0.5, 0.6) is 5.75 Å². The van der Waals surface area contributed by atoms with Crippen LogP contribution in [0.2, 0.25) is 0 Å². The summed E-state index contributed by atoms with van der Waals surface area (Å²) in [5.41, 5.74) is 2.45. The van der Waals surface area contributed by atoms with Crippen molar-refractivity contribution in [2.75, 3.05) is 19.1 Å². The lowest BCUT2D eigenvalue weighted by molar-refractivity contribution is -0.142. The molecule has 134 valence electrons. The van der Waals surface area contributed by atoms with E-state index in [0.29, 0.717) is 12.1 Å². The number of rotatable bonds is 5. The molecule has 1 N–H and O–H groups in total. The Morgan fingerprint density at radius 1 is 1.08 bits per heavy atom. The zero-order valence-corrected chi connectivity index (χ0v) is 15.3. The molecule has 3 aromatic carbocycles. The number of nitrogens with zero attached hydrogens (tertiary/aromatic N) is 1. The van der Waals surface area contributed by atoms with Crippen molar-refractivity contribution in [3.05, 3.63) is 71.8 Å². The normalized spacial score (nSPS) is 12.0. The smallest absolute Gasteiger partial charge is 0.328 e. The molecule has 0 saturated heterocycles. The molecule has 0 heterocycles. The SMILES string of the molecule is COC(=O)[C@H](Cc1cccc2ccccc12)N(C)c1cccc(C)c1O. The fraction of sp³-hybridized carbons (Fsp3) is 0.227. The Morgan fingerprint density at radius 2 is 1.77 bits per heavy atom. The molecule has 1 atom stereocenters. The Morgan fingerprint density at radius 3 is 2.54 bits per heavy atom. The Hall–Kier alpha value is -3.01. The Labute approximate surface area is 153 Å². The van der Waals surface area contributed by atoms with Gasteiger partial charge in [-0.05, 0) is 34.9 Å². The molecule has 0 fully saturated rings. The molecule has 0 amide bonds. The number of carbonyl (C=O) groups excluding carboxylic acids is 1. The number of anilines is 1. The molecular weight excluding hydrogens is 326 g/mol. The highest BCUT2D eigenvalue weighted by Crippen LogP contribution is 2.32. The topological polar surface area (TPSA) is 49.8 Å². The van der Waals surface area contributed by atoms with E-state index in [0.717, 1.165) is 21.9 Å². The van der Waals surface area contributed by atoms with Gasteiger partial charge in [-0.3, -0.25) is 0 Å².